The Balaban J connectivity index is 1.55. The zero-order chi connectivity index (χ0) is 20.8. The lowest BCUT2D eigenvalue weighted by Crippen LogP contribution is -1.98. The summed E-state index contributed by atoms with van der Waals surface area (Å²) in [6, 6.07) is 9.42. The molecule has 4 heterocycles. The number of fused-ring (bicyclic) bond motifs is 2. The number of aryl methyl sites for hydroxylation is 2. The van der Waals surface area contributed by atoms with Gasteiger partial charge in [-0.05, 0) is 30.7 Å². The summed E-state index contributed by atoms with van der Waals surface area (Å²) in [7, 11) is 1.96. The molecule has 8 heteroatoms. The van der Waals surface area contributed by atoms with Gasteiger partial charge in [0.05, 0.1) is 20.7 Å². The van der Waals surface area contributed by atoms with Crippen LogP contribution >= 0.6 is 22.7 Å². The van der Waals surface area contributed by atoms with Gasteiger partial charge in [-0.3, -0.25) is 4.98 Å². The fraction of sp³-hybridized carbons (Fsp3) is 0.136. The molecule has 5 aromatic rings. The quantitative estimate of drug-likeness (QED) is 0.368. The van der Waals surface area contributed by atoms with Crippen LogP contribution in [-0.4, -0.2) is 25.6 Å². The first kappa shape index (κ1) is 18.8. The first-order valence-corrected chi connectivity index (χ1v) is 11.0. The second-order valence-electron chi connectivity index (χ2n) is 6.81. The average molecular weight is 436 g/mol. The van der Waals surface area contributed by atoms with Gasteiger partial charge in [-0.2, -0.15) is 0 Å². The van der Waals surface area contributed by atoms with E-state index in [4.69, 9.17) is 4.74 Å². The van der Waals surface area contributed by atoms with Gasteiger partial charge in [0, 0.05) is 46.7 Å². The molecular weight excluding hydrogens is 418 g/mol. The minimum absolute atomic E-state index is 0.397. The molecule has 5 rings (SSSR count). The van der Waals surface area contributed by atoms with Crippen molar-refractivity contribution in [2.75, 3.05) is 0 Å². The van der Waals surface area contributed by atoms with E-state index in [1.807, 2.05) is 55.1 Å². The highest BCUT2D eigenvalue weighted by Crippen LogP contribution is 2.40. The van der Waals surface area contributed by atoms with Crippen LogP contribution in [0.3, 0.4) is 0 Å². The van der Waals surface area contributed by atoms with E-state index < -0.39 is 5.97 Å². The van der Waals surface area contributed by atoms with Crippen LogP contribution in [0.4, 0.5) is 0 Å². The van der Waals surface area contributed by atoms with Gasteiger partial charge in [0.1, 0.15) is 17.3 Å². The summed E-state index contributed by atoms with van der Waals surface area (Å²) in [5.74, 6) is 1.39. The Morgan fingerprint density at radius 1 is 1.17 bits per heavy atom. The SMILES string of the molecule is CCc1sc2cc(Oc3ccnc4cc(-c5nccn5C)sc34)ccc2c1C(=O)O. The number of ether oxygens (including phenoxy) is 1. The first-order valence-electron chi connectivity index (χ1n) is 9.38. The molecule has 0 fully saturated rings. The maximum Gasteiger partial charge on any atom is 0.337 e. The van der Waals surface area contributed by atoms with E-state index in [0.29, 0.717) is 17.7 Å². The number of imidazole rings is 1. The summed E-state index contributed by atoms with van der Waals surface area (Å²) in [6.45, 7) is 1.97. The topological polar surface area (TPSA) is 77.2 Å². The Morgan fingerprint density at radius 2 is 2.03 bits per heavy atom. The molecule has 0 saturated heterocycles. The number of aromatic carboxylic acids is 1. The van der Waals surface area contributed by atoms with Crippen molar-refractivity contribution in [3.63, 3.8) is 0 Å². The Bertz CT molecular complexity index is 1410. The predicted molar refractivity (Wildman–Crippen MR) is 120 cm³/mol. The molecule has 0 aliphatic rings. The normalized spacial score (nSPS) is 11.4. The highest BCUT2D eigenvalue weighted by molar-refractivity contribution is 7.22. The van der Waals surface area contributed by atoms with E-state index in [9.17, 15) is 9.90 Å². The second kappa shape index (κ2) is 7.23. The van der Waals surface area contributed by atoms with Crippen molar-refractivity contribution >= 4 is 48.9 Å². The minimum atomic E-state index is -0.886. The molecule has 0 amide bonds. The summed E-state index contributed by atoms with van der Waals surface area (Å²) in [4.78, 5) is 22.4. The molecule has 150 valence electrons. The van der Waals surface area contributed by atoms with Crippen molar-refractivity contribution in [2.24, 2.45) is 7.05 Å². The molecule has 0 radical (unpaired) electrons. The van der Waals surface area contributed by atoms with Crippen LogP contribution in [0.2, 0.25) is 0 Å². The third-order valence-electron chi connectivity index (χ3n) is 4.91. The van der Waals surface area contributed by atoms with Crippen molar-refractivity contribution in [3.05, 3.63) is 59.4 Å². The van der Waals surface area contributed by atoms with Gasteiger partial charge in [0.2, 0.25) is 0 Å². The molecule has 1 N–H and O–H groups in total. The molecule has 0 aliphatic heterocycles. The van der Waals surface area contributed by atoms with Gasteiger partial charge in [0.15, 0.2) is 0 Å². The highest BCUT2D eigenvalue weighted by atomic mass is 32.1. The number of carbonyl (C=O) groups is 1. The van der Waals surface area contributed by atoms with Gasteiger partial charge in [-0.25, -0.2) is 9.78 Å². The number of pyridine rings is 1. The number of carboxylic acid groups (broad SMARTS) is 1. The standard InChI is InChI=1S/C22H17N3O3S2/c1-3-16-19(22(26)27)13-5-4-12(10-17(13)29-16)28-15-6-7-23-14-11-18(30-20(14)15)21-24-8-9-25(21)2/h4-11H,3H2,1-2H3,(H,26,27). The monoisotopic (exact) mass is 435 g/mol. The van der Waals surface area contributed by atoms with E-state index in [2.05, 4.69) is 9.97 Å². The van der Waals surface area contributed by atoms with Gasteiger partial charge >= 0.3 is 5.97 Å². The average Bonchev–Trinajstić information content (AvgIpc) is 3.43. The van der Waals surface area contributed by atoms with Gasteiger partial charge in [-0.15, -0.1) is 22.7 Å². The molecule has 4 aromatic heterocycles. The van der Waals surface area contributed by atoms with Crippen LogP contribution in [0.25, 0.3) is 31.0 Å². The molecule has 0 unspecified atom stereocenters. The van der Waals surface area contributed by atoms with Crippen LogP contribution in [0.5, 0.6) is 11.5 Å². The van der Waals surface area contributed by atoms with Crippen molar-refractivity contribution in [1.29, 1.82) is 0 Å². The largest absolute Gasteiger partial charge is 0.478 e. The number of hydrogen-bond acceptors (Lipinski definition) is 6. The summed E-state index contributed by atoms with van der Waals surface area (Å²) in [5.41, 5.74) is 1.25. The van der Waals surface area contributed by atoms with Gasteiger partial charge in [-0.1, -0.05) is 6.92 Å². The number of rotatable bonds is 5. The fourth-order valence-electron chi connectivity index (χ4n) is 3.51. The van der Waals surface area contributed by atoms with E-state index in [-0.39, 0.29) is 0 Å². The Kier molecular flexibility index (Phi) is 4.52. The Hall–Kier alpha value is -3.23. The fourth-order valence-corrected chi connectivity index (χ4v) is 5.78. The molecule has 6 nitrogen and oxygen atoms in total. The van der Waals surface area contributed by atoms with Gasteiger partial charge < -0.3 is 14.4 Å². The third kappa shape index (κ3) is 3.05. The summed E-state index contributed by atoms with van der Waals surface area (Å²) < 4.78 is 10.0. The number of aromatic nitrogens is 3. The van der Waals surface area contributed by atoms with Crippen molar-refractivity contribution in [1.82, 2.24) is 14.5 Å². The first-order chi connectivity index (χ1) is 14.5. The maximum absolute atomic E-state index is 11.7. The lowest BCUT2D eigenvalue weighted by atomic mass is 10.1. The molecule has 0 atom stereocenters. The molecule has 1 aromatic carbocycles. The maximum atomic E-state index is 11.7. The molecule has 30 heavy (non-hydrogen) atoms. The smallest absolute Gasteiger partial charge is 0.337 e. The van der Waals surface area contributed by atoms with Crippen LogP contribution < -0.4 is 4.74 Å². The summed E-state index contributed by atoms with van der Waals surface area (Å²) in [6.07, 6.45) is 6.11. The van der Waals surface area contributed by atoms with Crippen LogP contribution in [0, 0.1) is 0 Å². The zero-order valence-electron chi connectivity index (χ0n) is 16.2. The predicted octanol–water partition coefficient (Wildman–Crippen LogP) is 5.96. The minimum Gasteiger partial charge on any atom is -0.478 e. The van der Waals surface area contributed by atoms with Gasteiger partial charge in [0.25, 0.3) is 0 Å². The Morgan fingerprint density at radius 3 is 2.77 bits per heavy atom. The number of hydrogen-bond donors (Lipinski definition) is 1. The number of thiophene rings is 2. The summed E-state index contributed by atoms with van der Waals surface area (Å²) >= 11 is 3.09. The summed E-state index contributed by atoms with van der Waals surface area (Å²) in [5, 5.41) is 10.3. The van der Waals surface area contributed by atoms with E-state index in [1.54, 1.807) is 23.7 Å². The molecule has 0 bridgehead atoms. The van der Waals surface area contributed by atoms with Crippen LogP contribution in [0.15, 0.2) is 48.9 Å². The molecule has 0 spiro atoms. The van der Waals surface area contributed by atoms with Crippen molar-refractivity contribution in [2.45, 2.75) is 13.3 Å². The highest BCUT2D eigenvalue weighted by Gasteiger charge is 2.18. The number of nitrogens with zero attached hydrogens (tertiary/aromatic N) is 3. The van der Waals surface area contributed by atoms with E-state index in [1.165, 1.54) is 11.3 Å². The zero-order valence-corrected chi connectivity index (χ0v) is 17.9. The van der Waals surface area contributed by atoms with Crippen molar-refractivity contribution in [3.8, 4) is 22.2 Å². The second-order valence-corrected chi connectivity index (χ2v) is 9.00. The lowest BCUT2D eigenvalue weighted by molar-refractivity contribution is 0.0698. The van der Waals surface area contributed by atoms with E-state index in [0.717, 1.165) is 41.6 Å². The van der Waals surface area contributed by atoms with Crippen LogP contribution in [0.1, 0.15) is 22.2 Å². The van der Waals surface area contributed by atoms with E-state index >= 15 is 0 Å². The third-order valence-corrected chi connectivity index (χ3v) is 7.35. The van der Waals surface area contributed by atoms with Crippen molar-refractivity contribution < 1.29 is 14.6 Å². The number of carboxylic acids is 1. The molecule has 0 saturated carbocycles. The molecular formula is C22H17N3O3S2. The Labute approximate surface area is 180 Å². The number of benzene rings is 1. The molecule has 0 aliphatic carbocycles. The lowest BCUT2D eigenvalue weighted by Gasteiger charge is -2.06. The van der Waals surface area contributed by atoms with Crippen LogP contribution in [-0.2, 0) is 13.5 Å².